The molecule has 0 aliphatic carbocycles. The maximum absolute atomic E-state index is 14.0. The molecule has 0 saturated carbocycles. The van der Waals surface area contributed by atoms with Crippen LogP contribution in [0.1, 0.15) is 18.4 Å². The number of rotatable bonds is 4. The largest absolute Gasteiger partial charge is 0.355 e. The average Bonchev–Trinajstić information content (AvgIpc) is 3.18. The molecule has 2 aromatic heterocycles. The molecule has 0 N–H and O–H groups in total. The van der Waals surface area contributed by atoms with Gasteiger partial charge in [-0.2, -0.15) is 0 Å². The number of carbonyl (C=O) groups excluding carboxylic acids is 1. The molecule has 10 heteroatoms. The van der Waals surface area contributed by atoms with Gasteiger partial charge in [-0.1, -0.05) is 15.9 Å². The highest BCUT2D eigenvalue weighted by atomic mass is 79.9. The average molecular weight is 448 g/mol. The maximum atomic E-state index is 14.0. The number of piperidine rings is 1. The fourth-order valence-electron chi connectivity index (χ4n) is 3.47. The molecule has 1 aliphatic heterocycles. The van der Waals surface area contributed by atoms with E-state index in [4.69, 9.17) is 0 Å². The normalized spacial score (nSPS) is 15.2. The standard InChI is InChI=1S/C18H19BrFN7O/c1-25(11-13-10-14(19)2-3-15(13)20)18(28)12-6-8-26(9-7-12)17-5-4-16-21-23-24-27(16)22-17/h2-5,10,12H,6-9,11H2,1H3. The van der Waals surface area contributed by atoms with Crippen LogP contribution in [0, 0.1) is 11.7 Å². The summed E-state index contributed by atoms with van der Waals surface area (Å²) >= 11 is 3.35. The molecule has 1 aromatic carbocycles. The van der Waals surface area contributed by atoms with Crippen LogP contribution in [0.4, 0.5) is 10.2 Å². The molecule has 0 bridgehead atoms. The summed E-state index contributed by atoms with van der Waals surface area (Å²) in [5.41, 5.74) is 1.09. The number of hydrogen-bond donors (Lipinski definition) is 0. The Morgan fingerprint density at radius 3 is 2.86 bits per heavy atom. The van der Waals surface area contributed by atoms with Crippen molar-refractivity contribution in [3.05, 3.63) is 46.2 Å². The molecule has 3 aromatic rings. The highest BCUT2D eigenvalue weighted by Crippen LogP contribution is 2.24. The summed E-state index contributed by atoms with van der Waals surface area (Å²) in [5.74, 6) is 0.452. The summed E-state index contributed by atoms with van der Waals surface area (Å²) in [6, 6.07) is 8.47. The number of amides is 1. The van der Waals surface area contributed by atoms with Gasteiger partial charge < -0.3 is 9.80 Å². The first-order valence-corrected chi connectivity index (χ1v) is 9.80. The number of halogens is 2. The van der Waals surface area contributed by atoms with E-state index in [0.29, 0.717) is 11.2 Å². The molecule has 146 valence electrons. The third-order valence-electron chi connectivity index (χ3n) is 5.02. The van der Waals surface area contributed by atoms with Gasteiger partial charge in [-0.25, -0.2) is 4.39 Å². The summed E-state index contributed by atoms with van der Waals surface area (Å²) in [6.07, 6.45) is 1.44. The van der Waals surface area contributed by atoms with Crippen molar-refractivity contribution in [2.45, 2.75) is 19.4 Å². The molecular formula is C18H19BrFN7O. The van der Waals surface area contributed by atoms with Crippen molar-refractivity contribution in [2.24, 2.45) is 5.92 Å². The first-order chi connectivity index (χ1) is 13.5. The topological polar surface area (TPSA) is 79.5 Å². The van der Waals surface area contributed by atoms with Crippen LogP contribution in [0.15, 0.2) is 34.8 Å². The Labute approximate surface area is 169 Å². The van der Waals surface area contributed by atoms with E-state index in [9.17, 15) is 9.18 Å². The first kappa shape index (κ1) is 18.7. The van der Waals surface area contributed by atoms with Gasteiger partial charge in [0.1, 0.15) is 5.82 Å². The number of anilines is 1. The zero-order valence-corrected chi connectivity index (χ0v) is 16.9. The van der Waals surface area contributed by atoms with Gasteiger partial charge in [0.15, 0.2) is 11.5 Å². The quantitative estimate of drug-likeness (QED) is 0.610. The number of fused-ring (bicyclic) bond motifs is 1. The predicted octanol–water partition coefficient (Wildman–Crippen LogP) is 2.30. The van der Waals surface area contributed by atoms with Crippen LogP contribution in [0.2, 0.25) is 0 Å². The molecule has 0 spiro atoms. The van der Waals surface area contributed by atoms with Crippen LogP contribution < -0.4 is 4.90 Å². The van der Waals surface area contributed by atoms with Crippen molar-refractivity contribution in [1.82, 2.24) is 30.2 Å². The third kappa shape index (κ3) is 3.82. The molecule has 1 aliphatic rings. The van der Waals surface area contributed by atoms with Gasteiger partial charge in [-0.15, -0.1) is 14.8 Å². The molecule has 0 unspecified atom stereocenters. The Bertz CT molecular complexity index is 1000. The number of aromatic nitrogens is 5. The van der Waals surface area contributed by atoms with E-state index in [1.165, 1.54) is 10.7 Å². The number of hydrogen-bond acceptors (Lipinski definition) is 6. The molecule has 0 atom stereocenters. The second-order valence-electron chi connectivity index (χ2n) is 6.91. The van der Waals surface area contributed by atoms with Crippen molar-refractivity contribution < 1.29 is 9.18 Å². The lowest BCUT2D eigenvalue weighted by Gasteiger charge is -2.33. The lowest BCUT2D eigenvalue weighted by molar-refractivity contribution is -0.135. The van der Waals surface area contributed by atoms with E-state index in [0.717, 1.165) is 36.2 Å². The Balaban J connectivity index is 1.37. The molecule has 0 radical (unpaired) electrons. The van der Waals surface area contributed by atoms with Crippen molar-refractivity contribution in [1.29, 1.82) is 0 Å². The zero-order valence-electron chi connectivity index (χ0n) is 15.3. The van der Waals surface area contributed by atoms with Gasteiger partial charge in [0.2, 0.25) is 5.91 Å². The zero-order chi connectivity index (χ0) is 19.7. The lowest BCUT2D eigenvalue weighted by atomic mass is 9.95. The summed E-state index contributed by atoms with van der Waals surface area (Å²) in [5, 5.41) is 15.7. The second-order valence-corrected chi connectivity index (χ2v) is 7.83. The van der Waals surface area contributed by atoms with Crippen LogP contribution in [0.25, 0.3) is 5.65 Å². The predicted molar refractivity (Wildman–Crippen MR) is 104 cm³/mol. The minimum absolute atomic E-state index is 0.0444. The van der Waals surface area contributed by atoms with E-state index < -0.39 is 0 Å². The van der Waals surface area contributed by atoms with Gasteiger partial charge in [-0.3, -0.25) is 4.79 Å². The molecule has 28 heavy (non-hydrogen) atoms. The second kappa shape index (κ2) is 7.78. The maximum Gasteiger partial charge on any atom is 0.225 e. The lowest BCUT2D eigenvalue weighted by Crippen LogP contribution is -2.41. The van der Waals surface area contributed by atoms with Crippen LogP contribution >= 0.6 is 15.9 Å². The molecule has 4 rings (SSSR count). The van der Waals surface area contributed by atoms with Crippen molar-refractivity contribution in [3.63, 3.8) is 0 Å². The Hall–Kier alpha value is -2.62. The van der Waals surface area contributed by atoms with Crippen molar-refractivity contribution >= 4 is 33.3 Å². The summed E-state index contributed by atoms with van der Waals surface area (Å²) in [4.78, 5) is 16.5. The van der Waals surface area contributed by atoms with Gasteiger partial charge in [-0.05, 0) is 53.6 Å². The minimum Gasteiger partial charge on any atom is -0.355 e. The van der Waals surface area contributed by atoms with Crippen LogP contribution in [-0.2, 0) is 11.3 Å². The molecule has 1 fully saturated rings. The van der Waals surface area contributed by atoms with E-state index in [1.54, 1.807) is 24.1 Å². The fraction of sp³-hybridized carbons (Fsp3) is 0.389. The summed E-state index contributed by atoms with van der Waals surface area (Å²) in [6.45, 7) is 1.69. The number of benzene rings is 1. The number of carbonyl (C=O) groups is 1. The van der Waals surface area contributed by atoms with E-state index >= 15 is 0 Å². The summed E-state index contributed by atoms with van der Waals surface area (Å²) < 4.78 is 16.2. The van der Waals surface area contributed by atoms with E-state index in [2.05, 4.69) is 41.5 Å². The molecule has 1 amide bonds. The fourth-order valence-corrected chi connectivity index (χ4v) is 3.88. The van der Waals surface area contributed by atoms with Gasteiger partial charge in [0.25, 0.3) is 0 Å². The highest BCUT2D eigenvalue weighted by molar-refractivity contribution is 9.10. The Kier molecular flexibility index (Phi) is 5.21. The van der Waals surface area contributed by atoms with Gasteiger partial charge in [0.05, 0.1) is 0 Å². The monoisotopic (exact) mass is 447 g/mol. The van der Waals surface area contributed by atoms with Crippen molar-refractivity contribution in [2.75, 3.05) is 25.0 Å². The molecule has 8 nitrogen and oxygen atoms in total. The van der Waals surface area contributed by atoms with E-state index in [-0.39, 0.29) is 24.2 Å². The highest BCUT2D eigenvalue weighted by Gasteiger charge is 2.28. The van der Waals surface area contributed by atoms with Gasteiger partial charge in [0, 0.05) is 42.6 Å². The van der Waals surface area contributed by atoms with Crippen LogP contribution in [0.3, 0.4) is 0 Å². The first-order valence-electron chi connectivity index (χ1n) is 9.00. The Morgan fingerprint density at radius 1 is 1.29 bits per heavy atom. The summed E-state index contributed by atoms with van der Waals surface area (Å²) in [7, 11) is 1.72. The van der Waals surface area contributed by atoms with Crippen LogP contribution in [-0.4, -0.2) is 56.2 Å². The number of tetrazole rings is 1. The SMILES string of the molecule is CN(Cc1cc(Br)ccc1F)C(=O)C1CCN(c2ccc3nnnn3n2)CC1. The third-order valence-corrected chi connectivity index (χ3v) is 5.51. The number of nitrogens with zero attached hydrogens (tertiary/aromatic N) is 7. The van der Waals surface area contributed by atoms with E-state index in [1.807, 2.05) is 12.1 Å². The molecule has 3 heterocycles. The van der Waals surface area contributed by atoms with Crippen LogP contribution in [0.5, 0.6) is 0 Å². The molecular weight excluding hydrogens is 429 g/mol. The van der Waals surface area contributed by atoms with Gasteiger partial charge >= 0.3 is 0 Å². The Morgan fingerprint density at radius 2 is 2.07 bits per heavy atom. The molecule has 1 saturated heterocycles. The minimum atomic E-state index is -0.304. The van der Waals surface area contributed by atoms with Crippen molar-refractivity contribution in [3.8, 4) is 0 Å². The smallest absolute Gasteiger partial charge is 0.225 e.